The van der Waals surface area contributed by atoms with Crippen LogP contribution < -0.4 is 0 Å². The van der Waals surface area contributed by atoms with Crippen molar-refractivity contribution in [2.45, 2.75) is 25.9 Å². The highest BCUT2D eigenvalue weighted by molar-refractivity contribution is 5.95. The minimum atomic E-state index is -0.327. The van der Waals surface area contributed by atoms with E-state index in [1.807, 2.05) is 37.3 Å². The molecule has 1 unspecified atom stereocenters. The molecule has 0 N–H and O–H groups in total. The van der Waals surface area contributed by atoms with E-state index in [1.165, 1.54) is 24.3 Å². The molecule has 3 heteroatoms. The van der Waals surface area contributed by atoms with Crippen LogP contribution in [0.15, 0.2) is 54.6 Å². The van der Waals surface area contributed by atoms with Crippen LogP contribution in [0.3, 0.4) is 0 Å². The molecule has 0 saturated carbocycles. The van der Waals surface area contributed by atoms with Gasteiger partial charge in [-0.1, -0.05) is 30.3 Å². The third kappa shape index (κ3) is 4.80. The first-order chi connectivity index (χ1) is 10.2. The monoisotopic (exact) mass is 286 g/mol. The van der Waals surface area contributed by atoms with Crippen molar-refractivity contribution in [3.63, 3.8) is 0 Å². The summed E-state index contributed by atoms with van der Waals surface area (Å²) in [6.07, 6.45) is 1.09. The largest absolute Gasteiger partial charge is 0.374 e. The summed E-state index contributed by atoms with van der Waals surface area (Å²) >= 11 is 0. The smallest absolute Gasteiger partial charge is 0.162 e. The molecular weight excluding hydrogens is 267 g/mol. The Morgan fingerprint density at radius 1 is 1.10 bits per heavy atom. The average molecular weight is 286 g/mol. The van der Waals surface area contributed by atoms with Crippen LogP contribution in [0.5, 0.6) is 0 Å². The van der Waals surface area contributed by atoms with Gasteiger partial charge in [0.05, 0.1) is 6.10 Å². The zero-order valence-corrected chi connectivity index (χ0v) is 12.1. The number of rotatable bonds is 7. The van der Waals surface area contributed by atoms with Crippen molar-refractivity contribution in [3.05, 3.63) is 71.5 Å². The molecule has 0 amide bonds. The van der Waals surface area contributed by atoms with E-state index in [-0.39, 0.29) is 17.7 Å². The molecule has 0 aliphatic heterocycles. The molecule has 21 heavy (non-hydrogen) atoms. The first kappa shape index (κ1) is 15.4. The molecule has 0 fully saturated rings. The zero-order valence-electron chi connectivity index (χ0n) is 12.1. The van der Waals surface area contributed by atoms with Gasteiger partial charge in [-0.05, 0) is 43.2 Å². The number of Topliss-reactive ketones (excluding diaryl/α,β-unsaturated/α-hetero) is 1. The molecule has 2 aromatic rings. The quantitative estimate of drug-likeness (QED) is 0.550. The van der Waals surface area contributed by atoms with E-state index >= 15 is 0 Å². The Bertz CT molecular complexity index is 564. The SMILES string of the molecule is CC(OCCCC(=O)c1ccc(F)cc1)c1ccccc1. The highest BCUT2D eigenvalue weighted by atomic mass is 19.1. The van der Waals surface area contributed by atoms with Gasteiger partial charge in [0.25, 0.3) is 0 Å². The standard InChI is InChI=1S/C18H19FO2/c1-14(15-6-3-2-4-7-15)21-13-5-8-18(20)16-9-11-17(19)12-10-16/h2-4,6-7,9-12,14H,5,8,13H2,1H3. The Hall–Kier alpha value is -2.00. The Kier molecular flexibility index (Phi) is 5.64. The molecule has 2 aromatic carbocycles. The summed E-state index contributed by atoms with van der Waals surface area (Å²) in [6.45, 7) is 2.53. The predicted octanol–water partition coefficient (Wildman–Crippen LogP) is 4.57. The Morgan fingerprint density at radius 3 is 2.43 bits per heavy atom. The van der Waals surface area contributed by atoms with E-state index in [2.05, 4.69) is 0 Å². The first-order valence-corrected chi connectivity index (χ1v) is 7.12. The summed E-state index contributed by atoms with van der Waals surface area (Å²) in [7, 11) is 0. The topological polar surface area (TPSA) is 26.3 Å². The molecule has 0 radical (unpaired) electrons. The highest BCUT2D eigenvalue weighted by Crippen LogP contribution is 2.16. The van der Waals surface area contributed by atoms with Crippen LogP contribution in [-0.2, 0) is 4.74 Å². The molecule has 0 saturated heterocycles. The summed E-state index contributed by atoms with van der Waals surface area (Å²) in [5, 5.41) is 0. The van der Waals surface area contributed by atoms with Crippen LogP contribution in [-0.4, -0.2) is 12.4 Å². The van der Waals surface area contributed by atoms with Crippen LogP contribution in [0.4, 0.5) is 4.39 Å². The number of ether oxygens (including phenoxy) is 1. The molecule has 1 atom stereocenters. The fourth-order valence-electron chi connectivity index (χ4n) is 2.09. The highest BCUT2D eigenvalue weighted by Gasteiger charge is 2.08. The minimum Gasteiger partial charge on any atom is -0.374 e. The maximum absolute atomic E-state index is 12.8. The lowest BCUT2D eigenvalue weighted by Gasteiger charge is -2.13. The maximum atomic E-state index is 12.8. The van der Waals surface area contributed by atoms with Crippen molar-refractivity contribution in [1.29, 1.82) is 0 Å². The van der Waals surface area contributed by atoms with Crippen LogP contribution in [0.2, 0.25) is 0 Å². The van der Waals surface area contributed by atoms with Crippen LogP contribution in [0, 0.1) is 5.82 Å². The predicted molar refractivity (Wildman–Crippen MR) is 80.8 cm³/mol. The Balaban J connectivity index is 1.72. The molecule has 0 bridgehead atoms. The molecule has 2 nitrogen and oxygen atoms in total. The summed E-state index contributed by atoms with van der Waals surface area (Å²) < 4.78 is 18.5. The van der Waals surface area contributed by atoms with Crippen molar-refractivity contribution < 1.29 is 13.9 Å². The number of carbonyl (C=O) groups is 1. The summed E-state index contributed by atoms with van der Waals surface area (Å²) in [5.41, 5.74) is 1.68. The van der Waals surface area contributed by atoms with Crippen molar-refractivity contribution in [2.75, 3.05) is 6.61 Å². The lowest BCUT2D eigenvalue weighted by molar-refractivity contribution is 0.0610. The van der Waals surface area contributed by atoms with Gasteiger partial charge in [0.1, 0.15) is 5.82 Å². The van der Waals surface area contributed by atoms with Gasteiger partial charge in [-0.3, -0.25) is 4.79 Å². The van der Waals surface area contributed by atoms with E-state index in [1.54, 1.807) is 0 Å². The van der Waals surface area contributed by atoms with Gasteiger partial charge in [-0.2, -0.15) is 0 Å². The number of ketones is 1. The zero-order chi connectivity index (χ0) is 15.1. The molecule has 0 heterocycles. The van der Waals surface area contributed by atoms with Crippen molar-refractivity contribution in [2.24, 2.45) is 0 Å². The third-order valence-corrected chi connectivity index (χ3v) is 3.35. The van der Waals surface area contributed by atoms with E-state index in [0.717, 1.165) is 5.56 Å². The molecule has 0 spiro atoms. The second-order valence-corrected chi connectivity index (χ2v) is 4.96. The van der Waals surface area contributed by atoms with Gasteiger partial charge in [-0.15, -0.1) is 0 Å². The van der Waals surface area contributed by atoms with Gasteiger partial charge in [0.2, 0.25) is 0 Å². The lowest BCUT2D eigenvalue weighted by Crippen LogP contribution is -2.05. The van der Waals surface area contributed by atoms with E-state index in [0.29, 0.717) is 25.0 Å². The lowest BCUT2D eigenvalue weighted by atomic mass is 10.1. The summed E-state index contributed by atoms with van der Waals surface area (Å²) in [6, 6.07) is 15.6. The molecule has 0 aromatic heterocycles. The van der Waals surface area contributed by atoms with Crippen LogP contribution >= 0.6 is 0 Å². The van der Waals surface area contributed by atoms with E-state index in [4.69, 9.17) is 4.74 Å². The van der Waals surface area contributed by atoms with Crippen molar-refractivity contribution in [1.82, 2.24) is 0 Å². The molecular formula is C18H19FO2. The number of hydrogen-bond donors (Lipinski definition) is 0. The second kappa shape index (κ2) is 7.70. The third-order valence-electron chi connectivity index (χ3n) is 3.35. The molecule has 2 rings (SSSR count). The average Bonchev–Trinajstić information content (AvgIpc) is 2.52. The van der Waals surface area contributed by atoms with Crippen molar-refractivity contribution in [3.8, 4) is 0 Å². The van der Waals surface area contributed by atoms with Gasteiger partial charge < -0.3 is 4.74 Å². The molecule has 0 aliphatic rings. The van der Waals surface area contributed by atoms with E-state index in [9.17, 15) is 9.18 Å². The first-order valence-electron chi connectivity index (χ1n) is 7.12. The van der Waals surface area contributed by atoms with Crippen molar-refractivity contribution >= 4 is 5.78 Å². The van der Waals surface area contributed by atoms with Crippen LogP contribution in [0.25, 0.3) is 0 Å². The van der Waals surface area contributed by atoms with E-state index < -0.39 is 0 Å². The fourth-order valence-corrected chi connectivity index (χ4v) is 2.09. The number of halogens is 1. The van der Waals surface area contributed by atoms with Gasteiger partial charge in [0, 0.05) is 18.6 Å². The second-order valence-electron chi connectivity index (χ2n) is 4.96. The van der Waals surface area contributed by atoms with Gasteiger partial charge in [0.15, 0.2) is 5.78 Å². The fraction of sp³-hybridized carbons (Fsp3) is 0.278. The number of hydrogen-bond acceptors (Lipinski definition) is 2. The minimum absolute atomic E-state index is 0.0194. The van der Waals surface area contributed by atoms with Gasteiger partial charge >= 0.3 is 0 Å². The Morgan fingerprint density at radius 2 is 1.76 bits per heavy atom. The normalized spacial score (nSPS) is 12.1. The number of benzene rings is 2. The summed E-state index contributed by atoms with van der Waals surface area (Å²) in [4.78, 5) is 11.9. The van der Waals surface area contributed by atoms with Crippen LogP contribution in [0.1, 0.15) is 41.8 Å². The number of carbonyl (C=O) groups excluding carboxylic acids is 1. The van der Waals surface area contributed by atoms with Gasteiger partial charge in [-0.25, -0.2) is 4.39 Å². The molecule has 0 aliphatic carbocycles. The molecule has 110 valence electrons. The summed E-state index contributed by atoms with van der Waals surface area (Å²) in [5.74, 6) is -0.308. The maximum Gasteiger partial charge on any atom is 0.162 e. The Labute approximate surface area is 124 Å².